The van der Waals surface area contributed by atoms with Crippen LogP contribution < -0.4 is 0 Å². The van der Waals surface area contributed by atoms with Gasteiger partial charge in [0.05, 0.1) is 0 Å². The second-order valence-corrected chi connectivity index (χ2v) is 5.99. The summed E-state index contributed by atoms with van der Waals surface area (Å²) >= 11 is 1.90. The summed E-state index contributed by atoms with van der Waals surface area (Å²) in [6.45, 7) is 8.86. The van der Waals surface area contributed by atoms with E-state index in [1.807, 2.05) is 11.8 Å². The fourth-order valence-corrected chi connectivity index (χ4v) is 2.22. The average Bonchev–Trinajstić information content (AvgIpc) is 2.33. The molecule has 18 heavy (non-hydrogen) atoms. The maximum absolute atomic E-state index is 2.42. The molecule has 0 aliphatic heterocycles. The maximum Gasteiger partial charge on any atom is 0.0113 e. The third-order valence-corrected chi connectivity index (χ3v) is 3.54. The summed E-state index contributed by atoms with van der Waals surface area (Å²) in [6.07, 6.45) is 15.3. The van der Waals surface area contributed by atoms with Crippen molar-refractivity contribution in [2.45, 2.75) is 59.8 Å². The van der Waals surface area contributed by atoms with Crippen molar-refractivity contribution in [2.24, 2.45) is 0 Å². The molecule has 0 fully saturated rings. The molecule has 0 aromatic carbocycles. The van der Waals surface area contributed by atoms with Crippen LogP contribution in [0.5, 0.6) is 0 Å². The Morgan fingerprint density at radius 3 is 2.17 bits per heavy atom. The van der Waals surface area contributed by atoms with Gasteiger partial charge < -0.3 is 0 Å². The van der Waals surface area contributed by atoms with E-state index in [1.165, 1.54) is 43.3 Å². The summed E-state index contributed by atoms with van der Waals surface area (Å²) in [5.74, 6) is 1.16. The van der Waals surface area contributed by atoms with E-state index in [-0.39, 0.29) is 0 Å². The van der Waals surface area contributed by atoms with E-state index in [0.717, 1.165) is 5.75 Å². The Labute approximate surface area is 119 Å². The molecule has 0 amide bonds. The van der Waals surface area contributed by atoms with Gasteiger partial charge in [-0.3, -0.25) is 0 Å². The highest BCUT2D eigenvalue weighted by atomic mass is 32.2. The molecule has 0 rings (SSSR count). The molecule has 0 saturated carbocycles. The lowest BCUT2D eigenvalue weighted by atomic mass is 10.0. The van der Waals surface area contributed by atoms with Crippen molar-refractivity contribution < 1.29 is 0 Å². The van der Waals surface area contributed by atoms with Gasteiger partial charge in [-0.25, -0.2) is 0 Å². The Morgan fingerprint density at radius 1 is 0.944 bits per heavy atom. The fraction of sp³-hybridized carbons (Fsp3) is 0.647. The molecule has 0 bridgehead atoms. The van der Waals surface area contributed by atoms with E-state index < -0.39 is 0 Å². The minimum absolute atomic E-state index is 1.16. The maximum atomic E-state index is 2.42. The Kier molecular flexibility index (Phi) is 11.4. The van der Waals surface area contributed by atoms with Crippen LogP contribution in [0.3, 0.4) is 0 Å². The van der Waals surface area contributed by atoms with Crippen LogP contribution in [-0.2, 0) is 0 Å². The van der Waals surface area contributed by atoms with Crippen molar-refractivity contribution >= 4 is 11.8 Å². The van der Waals surface area contributed by atoms with Crippen LogP contribution in [0.15, 0.2) is 34.9 Å². The summed E-state index contributed by atoms with van der Waals surface area (Å²) in [6, 6.07) is 0. The van der Waals surface area contributed by atoms with Gasteiger partial charge in [0, 0.05) is 5.75 Å². The Morgan fingerprint density at radius 2 is 1.61 bits per heavy atom. The van der Waals surface area contributed by atoms with Gasteiger partial charge in [0.2, 0.25) is 0 Å². The third kappa shape index (κ3) is 10.7. The number of rotatable bonds is 9. The van der Waals surface area contributed by atoms with Crippen LogP contribution in [0.25, 0.3) is 0 Å². The average molecular weight is 266 g/mol. The fourth-order valence-electron chi connectivity index (χ4n) is 1.82. The summed E-state index contributed by atoms with van der Waals surface area (Å²) in [7, 11) is 0. The number of hydrogen-bond acceptors (Lipinski definition) is 1. The van der Waals surface area contributed by atoms with Gasteiger partial charge in [0.1, 0.15) is 0 Å². The molecule has 0 radical (unpaired) electrons. The molecule has 0 heterocycles. The molecule has 0 aliphatic rings. The molecular weight excluding hydrogens is 236 g/mol. The molecule has 1 heteroatoms. The number of hydrogen-bond donors (Lipinski definition) is 0. The lowest BCUT2D eigenvalue weighted by Gasteiger charge is -2.03. The predicted octanol–water partition coefficient (Wildman–Crippen LogP) is 6.16. The van der Waals surface area contributed by atoms with Crippen LogP contribution >= 0.6 is 11.8 Å². The zero-order chi connectivity index (χ0) is 13.8. The van der Waals surface area contributed by atoms with Crippen LogP contribution in [0.1, 0.15) is 59.8 Å². The van der Waals surface area contributed by atoms with Crippen molar-refractivity contribution in [1.82, 2.24) is 0 Å². The first kappa shape index (κ1) is 17.6. The molecule has 0 unspecified atom stereocenters. The van der Waals surface area contributed by atoms with E-state index >= 15 is 0 Å². The van der Waals surface area contributed by atoms with Gasteiger partial charge in [-0.05, 0) is 59.1 Å². The van der Waals surface area contributed by atoms with Crippen molar-refractivity contribution in [1.29, 1.82) is 0 Å². The zero-order valence-corrected chi connectivity index (χ0v) is 13.7. The highest BCUT2D eigenvalue weighted by molar-refractivity contribution is 7.98. The van der Waals surface area contributed by atoms with Crippen LogP contribution in [0.2, 0.25) is 0 Å². The SMILES string of the molecule is CC/C(=C\CSC)CC/C=C(\C)CCC=C(C)C. The third-order valence-electron chi connectivity index (χ3n) is 3.04. The van der Waals surface area contributed by atoms with Crippen molar-refractivity contribution in [2.75, 3.05) is 12.0 Å². The molecule has 0 saturated heterocycles. The first-order chi connectivity index (χ1) is 8.60. The lowest BCUT2D eigenvalue weighted by molar-refractivity contribution is 0.882. The minimum atomic E-state index is 1.16. The lowest BCUT2D eigenvalue weighted by Crippen LogP contribution is -1.84. The Balaban J connectivity index is 3.94. The Bertz CT molecular complexity index is 291. The number of thioether (sulfide) groups is 1. The van der Waals surface area contributed by atoms with E-state index in [2.05, 4.69) is 52.2 Å². The van der Waals surface area contributed by atoms with Crippen LogP contribution in [0, 0.1) is 0 Å². The molecule has 0 aliphatic carbocycles. The molecule has 0 spiro atoms. The topological polar surface area (TPSA) is 0 Å². The molecule has 0 nitrogen and oxygen atoms in total. The Hall–Kier alpha value is -0.430. The van der Waals surface area contributed by atoms with Crippen molar-refractivity contribution in [3.8, 4) is 0 Å². The van der Waals surface area contributed by atoms with Crippen molar-refractivity contribution in [3.63, 3.8) is 0 Å². The van der Waals surface area contributed by atoms with Gasteiger partial charge in [-0.2, -0.15) is 11.8 Å². The van der Waals surface area contributed by atoms with Gasteiger partial charge in [0.25, 0.3) is 0 Å². The minimum Gasteiger partial charge on any atom is -0.161 e. The summed E-state index contributed by atoms with van der Waals surface area (Å²) < 4.78 is 0. The quantitative estimate of drug-likeness (QED) is 0.450. The normalized spacial score (nSPS) is 12.7. The summed E-state index contributed by atoms with van der Waals surface area (Å²) in [4.78, 5) is 0. The van der Waals surface area contributed by atoms with Gasteiger partial charge in [0.15, 0.2) is 0 Å². The number of allylic oxidation sites excluding steroid dienone is 5. The van der Waals surface area contributed by atoms with E-state index in [9.17, 15) is 0 Å². The predicted molar refractivity (Wildman–Crippen MR) is 88.4 cm³/mol. The summed E-state index contributed by atoms with van der Waals surface area (Å²) in [5.41, 5.74) is 4.57. The molecule has 0 atom stereocenters. The smallest absolute Gasteiger partial charge is 0.0113 e. The van der Waals surface area contributed by atoms with E-state index in [0.29, 0.717) is 0 Å². The second-order valence-electron chi connectivity index (χ2n) is 5.08. The standard InChI is InChI=1S/C17H30S/c1-6-17(13-14-18-5)12-8-11-16(4)10-7-9-15(2)3/h9,11,13H,6-8,10,12,14H2,1-5H3/b16-11+,17-13+. The first-order valence-electron chi connectivity index (χ1n) is 7.06. The van der Waals surface area contributed by atoms with Gasteiger partial charge in [-0.15, -0.1) is 0 Å². The van der Waals surface area contributed by atoms with E-state index in [4.69, 9.17) is 0 Å². The van der Waals surface area contributed by atoms with Crippen LogP contribution in [-0.4, -0.2) is 12.0 Å². The molecule has 104 valence electrons. The molecule has 0 N–H and O–H groups in total. The first-order valence-corrected chi connectivity index (χ1v) is 8.45. The molecule has 0 aromatic rings. The second kappa shape index (κ2) is 11.6. The van der Waals surface area contributed by atoms with Crippen molar-refractivity contribution in [3.05, 3.63) is 34.9 Å². The van der Waals surface area contributed by atoms with E-state index in [1.54, 1.807) is 5.57 Å². The highest BCUT2D eigenvalue weighted by Gasteiger charge is 1.94. The molecular formula is C17H30S. The van der Waals surface area contributed by atoms with Gasteiger partial charge >= 0.3 is 0 Å². The summed E-state index contributed by atoms with van der Waals surface area (Å²) in [5, 5.41) is 0. The highest BCUT2D eigenvalue weighted by Crippen LogP contribution is 2.14. The van der Waals surface area contributed by atoms with Crippen LogP contribution in [0.4, 0.5) is 0 Å². The van der Waals surface area contributed by atoms with Gasteiger partial charge in [-0.1, -0.05) is 41.9 Å². The monoisotopic (exact) mass is 266 g/mol. The zero-order valence-electron chi connectivity index (χ0n) is 12.9. The largest absolute Gasteiger partial charge is 0.161 e. The molecule has 0 aromatic heterocycles.